The molecule has 0 aliphatic rings. The predicted molar refractivity (Wildman–Crippen MR) is 320 cm³/mol. The van der Waals surface area contributed by atoms with Crippen LogP contribution < -0.4 is 0 Å². The third-order valence-electron chi connectivity index (χ3n) is 14.7. The summed E-state index contributed by atoms with van der Waals surface area (Å²) in [6.07, 6.45) is 0. The highest BCUT2D eigenvalue weighted by molar-refractivity contribution is 6.11. The molecule has 3 aromatic heterocycles. The monoisotopic (exact) mass is 1010 g/mol. The van der Waals surface area contributed by atoms with E-state index >= 15 is 0 Å². The molecule has 0 radical (unpaired) electrons. The third kappa shape index (κ3) is 10.2. The fraction of sp³-hybridized carbons (Fsp3) is 0.229. The Balaban J connectivity index is 1.25. The maximum atomic E-state index is 5.65. The molecule has 0 amide bonds. The van der Waals surface area contributed by atoms with Crippen molar-refractivity contribution in [3.63, 3.8) is 0 Å². The fourth-order valence-corrected chi connectivity index (χ4v) is 10.0. The molecule has 0 fully saturated rings. The van der Waals surface area contributed by atoms with Crippen LogP contribution in [0.3, 0.4) is 0 Å². The first-order valence-corrected chi connectivity index (χ1v) is 26.9. The van der Waals surface area contributed by atoms with Crippen molar-refractivity contribution in [3.05, 3.63) is 210 Å². The Morgan fingerprint density at radius 2 is 0.623 bits per heavy atom. The first kappa shape index (κ1) is 50.7. The molecule has 11 rings (SSSR count). The SMILES string of the molecule is CC(C)(C)c1cc(-c2nc(-c3cc(C(C)(C)C)cc(C(C)(C)C)c3)nc(-c3cc(-c4nc(-c5ccccc5)nc(-c5ccccc5)n4)ccc3-n3c4ccccc4c4cc(-c5ccccc5)ccc43)n2)cc(C(C)(C)C)c1. The van der Waals surface area contributed by atoms with E-state index in [1.54, 1.807) is 0 Å². The quantitative estimate of drug-likeness (QED) is 0.151. The van der Waals surface area contributed by atoms with E-state index in [9.17, 15) is 0 Å². The maximum absolute atomic E-state index is 5.65. The van der Waals surface area contributed by atoms with E-state index in [2.05, 4.69) is 215 Å². The Kier molecular flexibility index (Phi) is 12.7. The number of nitrogens with zero attached hydrogens (tertiary/aromatic N) is 7. The van der Waals surface area contributed by atoms with Crippen LogP contribution in [0.1, 0.15) is 105 Å². The molecule has 0 N–H and O–H groups in total. The molecule has 0 aliphatic carbocycles. The molecule has 0 saturated heterocycles. The fourth-order valence-electron chi connectivity index (χ4n) is 10.0. The van der Waals surface area contributed by atoms with Crippen LogP contribution in [0.5, 0.6) is 0 Å². The minimum atomic E-state index is -0.141. The van der Waals surface area contributed by atoms with Crippen LogP contribution >= 0.6 is 0 Å². The Labute approximate surface area is 454 Å². The first-order chi connectivity index (χ1) is 36.7. The second kappa shape index (κ2) is 19.3. The van der Waals surface area contributed by atoms with Crippen LogP contribution in [0.4, 0.5) is 0 Å². The van der Waals surface area contributed by atoms with Gasteiger partial charge in [0.25, 0.3) is 0 Å². The summed E-state index contributed by atoms with van der Waals surface area (Å²) in [7, 11) is 0. The molecule has 382 valence electrons. The number of rotatable bonds is 8. The zero-order valence-corrected chi connectivity index (χ0v) is 46.5. The maximum Gasteiger partial charge on any atom is 0.166 e. The number of para-hydroxylation sites is 1. The van der Waals surface area contributed by atoms with Crippen LogP contribution in [-0.4, -0.2) is 34.5 Å². The molecular weight excluding hydrogens is 939 g/mol. The van der Waals surface area contributed by atoms with E-state index in [-0.39, 0.29) is 21.7 Å². The Morgan fingerprint density at radius 3 is 1.08 bits per heavy atom. The van der Waals surface area contributed by atoms with Crippen molar-refractivity contribution in [2.75, 3.05) is 0 Å². The van der Waals surface area contributed by atoms with Gasteiger partial charge in [-0.2, -0.15) is 0 Å². The summed E-state index contributed by atoms with van der Waals surface area (Å²) >= 11 is 0. The molecule has 0 atom stereocenters. The van der Waals surface area contributed by atoms with E-state index in [4.69, 9.17) is 29.9 Å². The number of hydrogen-bond donors (Lipinski definition) is 0. The Morgan fingerprint density at radius 1 is 0.260 bits per heavy atom. The normalized spacial score (nSPS) is 12.4. The summed E-state index contributed by atoms with van der Waals surface area (Å²) in [5, 5.41) is 2.29. The molecule has 7 nitrogen and oxygen atoms in total. The van der Waals surface area contributed by atoms with Crippen LogP contribution in [0.25, 0.3) is 107 Å². The van der Waals surface area contributed by atoms with E-state index in [0.29, 0.717) is 34.9 Å². The minimum Gasteiger partial charge on any atom is -0.309 e. The number of benzene rings is 8. The molecule has 8 aromatic carbocycles. The Bertz CT molecular complexity index is 3780. The summed E-state index contributed by atoms with van der Waals surface area (Å²) in [6.45, 7) is 27.3. The van der Waals surface area contributed by atoms with Gasteiger partial charge in [-0.25, -0.2) is 29.9 Å². The molecule has 0 spiro atoms. The lowest BCUT2D eigenvalue weighted by atomic mass is 9.79. The van der Waals surface area contributed by atoms with Crippen LogP contribution in [-0.2, 0) is 21.7 Å². The first-order valence-electron chi connectivity index (χ1n) is 26.9. The van der Waals surface area contributed by atoms with Gasteiger partial charge >= 0.3 is 0 Å². The van der Waals surface area contributed by atoms with Crippen molar-refractivity contribution < 1.29 is 0 Å². The van der Waals surface area contributed by atoms with E-state index in [1.165, 1.54) is 27.8 Å². The topological polar surface area (TPSA) is 82.3 Å². The van der Waals surface area contributed by atoms with Gasteiger partial charge in [0.2, 0.25) is 0 Å². The number of aromatic nitrogens is 7. The summed E-state index contributed by atoms with van der Waals surface area (Å²) in [5.74, 6) is 3.45. The zero-order valence-electron chi connectivity index (χ0n) is 46.5. The molecule has 0 unspecified atom stereocenters. The lowest BCUT2D eigenvalue weighted by Crippen LogP contribution is -2.17. The molecule has 0 bridgehead atoms. The summed E-state index contributed by atoms with van der Waals surface area (Å²) < 4.78 is 2.37. The molecule has 0 saturated carbocycles. The van der Waals surface area contributed by atoms with Gasteiger partial charge in [-0.3, -0.25) is 0 Å². The van der Waals surface area contributed by atoms with Crippen LogP contribution in [0.2, 0.25) is 0 Å². The number of fused-ring (bicyclic) bond motifs is 3. The van der Waals surface area contributed by atoms with Crippen LogP contribution in [0, 0.1) is 0 Å². The molecule has 77 heavy (non-hydrogen) atoms. The van der Waals surface area contributed by atoms with E-state index < -0.39 is 0 Å². The van der Waals surface area contributed by atoms with Crippen molar-refractivity contribution in [3.8, 4) is 85.1 Å². The standard InChI is InChI=1S/C70H67N7/c1-67(2,3)51-36-49(37-52(42-51)68(4,5)6)64-74-65(50-38-53(69(7,8)9)43-54(39-50)70(10,11)12)76-66(75-64)57-41-48(63-72-61(45-26-18-14-19-27-45)71-62(73-63)46-28-20-15-21-29-46)33-35-60(57)77-58-31-23-22-30-55(58)56-40-47(32-34-59(56)77)44-24-16-13-17-25-44/h13-43H,1-12H3. The summed E-state index contributed by atoms with van der Waals surface area (Å²) in [4.78, 5) is 32.4. The van der Waals surface area contributed by atoms with Crippen LogP contribution in [0.15, 0.2) is 188 Å². The lowest BCUT2D eigenvalue weighted by molar-refractivity contribution is 0.568. The average molecular weight is 1010 g/mol. The molecule has 11 aromatic rings. The molecule has 3 heterocycles. The number of hydrogen-bond acceptors (Lipinski definition) is 6. The van der Waals surface area contributed by atoms with Gasteiger partial charge in [0.15, 0.2) is 34.9 Å². The van der Waals surface area contributed by atoms with Gasteiger partial charge in [0, 0.05) is 44.2 Å². The Hall–Kier alpha value is -8.42. The van der Waals surface area contributed by atoms with Crippen molar-refractivity contribution in [1.29, 1.82) is 0 Å². The van der Waals surface area contributed by atoms with Gasteiger partial charge < -0.3 is 4.57 Å². The van der Waals surface area contributed by atoms with Gasteiger partial charge in [0.1, 0.15) is 0 Å². The van der Waals surface area contributed by atoms with Gasteiger partial charge in [-0.05, 0) is 116 Å². The van der Waals surface area contributed by atoms with Gasteiger partial charge in [-0.15, -0.1) is 0 Å². The smallest absolute Gasteiger partial charge is 0.166 e. The summed E-state index contributed by atoms with van der Waals surface area (Å²) in [5.41, 5.74) is 14.9. The highest BCUT2D eigenvalue weighted by Gasteiger charge is 2.27. The predicted octanol–water partition coefficient (Wildman–Crippen LogP) is 18.0. The third-order valence-corrected chi connectivity index (χ3v) is 14.7. The van der Waals surface area contributed by atoms with E-state index in [1.807, 2.05) is 60.7 Å². The second-order valence-electron chi connectivity index (χ2n) is 24.6. The van der Waals surface area contributed by atoms with E-state index in [0.717, 1.165) is 66.4 Å². The largest absolute Gasteiger partial charge is 0.309 e. The average Bonchev–Trinajstić information content (AvgIpc) is 3.81. The second-order valence-corrected chi connectivity index (χ2v) is 24.6. The zero-order chi connectivity index (χ0) is 54.0. The van der Waals surface area contributed by atoms with Crippen molar-refractivity contribution in [1.82, 2.24) is 34.5 Å². The summed E-state index contributed by atoms with van der Waals surface area (Å²) in [6, 6.07) is 66.6. The molecular formula is C70H67N7. The van der Waals surface area contributed by atoms with Crippen molar-refractivity contribution in [2.45, 2.75) is 105 Å². The molecule has 0 aliphatic heterocycles. The highest BCUT2D eigenvalue weighted by atomic mass is 15.1. The minimum absolute atomic E-state index is 0.141. The lowest BCUT2D eigenvalue weighted by Gasteiger charge is -2.26. The molecule has 7 heteroatoms. The van der Waals surface area contributed by atoms with Gasteiger partial charge in [0.05, 0.1) is 16.7 Å². The van der Waals surface area contributed by atoms with Crippen molar-refractivity contribution in [2.24, 2.45) is 0 Å². The van der Waals surface area contributed by atoms with Crippen molar-refractivity contribution >= 4 is 21.8 Å². The highest BCUT2D eigenvalue weighted by Crippen LogP contribution is 2.42. The van der Waals surface area contributed by atoms with Gasteiger partial charge in [-0.1, -0.05) is 210 Å².